The first-order valence-corrected chi connectivity index (χ1v) is 5.23. The molecule has 1 aromatic rings. The van der Waals surface area contributed by atoms with E-state index in [0.29, 0.717) is 6.61 Å². The van der Waals surface area contributed by atoms with Crippen LogP contribution >= 0.6 is 11.3 Å². The molecule has 0 saturated heterocycles. The standard InChI is InChI=1S/C9H10N2O2S/c1-2-13-9(12)7-10-5-6-3-4-14-8(6)11-7/h3-5,7,11H,2H2,1H3. The first-order chi connectivity index (χ1) is 6.81. The Morgan fingerprint density at radius 2 is 2.64 bits per heavy atom. The Kier molecular flexibility index (Phi) is 2.49. The van der Waals surface area contributed by atoms with E-state index in [0.717, 1.165) is 10.6 Å². The monoisotopic (exact) mass is 210 g/mol. The van der Waals surface area contributed by atoms with Gasteiger partial charge < -0.3 is 10.1 Å². The van der Waals surface area contributed by atoms with Crippen LogP contribution in [-0.2, 0) is 9.53 Å². The second-order valence-corrected chi connectivity index (χ2v) is 3.70. The van der Waals surface area contributed by atoms with Crippen molar-refractivity contribution < 1.29 is 9.53 Å². The molecular weight excluding hydrogens is 200 g/mol. The van der Waals surface area contributed by atoms with E-state index in [2.05, 4.69) is 10.3 Å². The van der Waals surface area contributed by atoms with E-state index in [-0.39, 0.29) is 5.97 Å². The van der Waals surface area contributed by atoms with E-state index in [1.807, 2.05) is 11.4 Å². The Bertz CT molecular complexity index is 373. The highest BCUT2D eigenvalue weighted by Crippen LogP contribution is 2.25. The highest BCUT2D eigenvalue weighted by Gasteiger charge is 2.22. The lowest BCUT2D eigenvalue weighted by atomic mass is 10.3. The third kappa shape index (κ3) is 1.63. The highest BCUT2D eigenvalue weighted by molar-refractivity contribution is 7.14. The SMILES string of the molecule is CCOC(=O)C1N=Cc2ccsc2N1. The zero-order chi connectivity index (χ0) is 9.97. The van der Waals surface area contributed by atoms with E-state index < -0.39 is 6.17 Å². The molecule has 5 heteroatoms. The maximum absolute atomic E-state index is 11.3. The molecule has 0 aromatic carbocycles. The number of aliphatic imine (C=N–C) groups is 1. The van der Waals surface area contributed by atoms with E-state index >= 15 is 0 Å². The van der Waals surface area contributed by atoms with Gasteiger partial charge in [0.1, 0.15) is 0 Å². The van der Waals surface area contributed by atoms with Crippen LogP contribution in [0.1, 0.15) is 12.5 Å². The van der Waals surface area contributed by atoms with Gasteiger partial charge in [0.25, 0.3) is 0 Å². The minimum Gasteiger partial charge on any atom is -0.463 e. The predicted molar refractivity (Wildman–Crippen MR) is 56.0 cm³/mol. The number of fused-ring (bicyclic) bond motifs is 1. The number of nitrogens with zero attached hydrogens (tertiary/aromatic N) is 1. The summed E-state index contributed by atoms with van der Waals surface area (Å²) in [6.07, 6.45) is 1.12. The summed E-state index contributed by atoms with van der Waals surface area (Å²) in [5.74, 6) is -0.331. The summed E-state index contributed by atoms with van der Waals surface area (Å²) in [6.45, 7) is 2.16. The van der Waals surface area contributed by atoms with Gasteiger partial charge in [0.05, 0.1) is 11.6 Å². The molecule has 2 heterocycles. The fraction of sp³-hybridized carbons (Fsp3) is 0.333. The fourth-order valence-electron chi connectivity index (χ4n) is 1.20. The Labute approximate surface area is 85.6 Å². The molecule has 1 aliphatic rings. The number of rotatable bonds is 2. The molecule has 1 aromatic heterocycles. The Hall–Kier alpha value is -1.36. The van der Waals surface area contributed by atoms with Crippen LogP contribution in [0.15, 0.2) is 16.4 Å². The molecule has 14 heavy (non-hydrogen) atoms. The molecule has 4 nitrogen and oxygen atoms in total. The average Bonchev–Trinajstić information content (AvgIpc) is 2.64. The summed E-state index contributed by atoms with van der Waals surface area (Å²) in [4.78, 5) is 15.4. The van der Waals surface area contributed by atoms with Gasteiger partial charge in [-0.05, 0) is 18.4 Å². The summed E-state index contributed by atoms with van der Waals surface area (Å²) < 4.78 is 4.86. The van der Waals surface area contributed by atoms with Crippen LogP contribution in [0, 0.1) is 0 Å². The van der Waals surface area contributed by atoms with E-state index in [9.17, 15) is 4.79 Å². The van der Waals surface area contributed by atoms with Crippen molar-refractivity contribution in [2.75, 3.05) is 11.9 Å². The zero-order valence-corrected chi connectivity index (χ0v) is 8.50. The topological polar surface area (TPSA) is 50.7 Å². The number of hydrogen-bond acceptors (Lipinski definition) is 5. The van der Waals surface area contributed by atoms with Crippen LogP contribution < -0.4 is 5.32 Å². The molecule has 1 N–H and O–H groups in total. The number of ether oxygens (including phenoxy) is 1. The van der Waals surface area contributed by atoms with Crippen molar-refractivity contribution in [1.82, 2.24) is 0 Å². The van der Waals surface area contributed by atoms with Crippen molar-refractivity contribution in [3.63, 3.8) is 0 Å². The molecule has 2 rings (SSSR count). The van der Waals surface area contributed by atoms with Gasteiger partial charge in [-0.1, -0.05) is 0 Å². The van der Waals surface area contributed by atoms with Crippen molar-refractivity contribution in [3.8, 4) is 0 Å². The quantitative estimate of drug-likeness (QED) is 0.752. The third-order valence-corrected chi connectivity index (χ3v) is 2.70. The molecule has 1 aliphatic heterocycles. The van der Waals surface area contributed by atoms with Crippen molar-refractivity contribution in [3.05, 3.63) is 17.0 Å². The Balaban J connectivity index is 2.10. The number of hydrogen-bond donors (Lipinski definition) is 1. The summed E-state index contributed by atoms with van der Waals surface area (Å²) in [5, 5.41) is 5.93. The number of carbonyl (C=O) groups is 1. The van der Waals surface area contributed by atoms with Gasteiger partial charge in [-0.2, -0.15) is 0 Å². The van der Waals surface area contributed by atoms with Crippen molar-refractivity contribution in [2.45, 2.75) is 13.1 Å². The van der Waals surface area contributed by atoms with Gasteiger partial charge in [-0.15, -0.1) is 11.3 Å². The van der Waals surface area contributed by atoms with Crippen LogP contribution in [0.2, 0.25) is 0 Å². The number of thiophene rings is 1. The molecule has 74 valence electrons. The minimum atomic E-state index is -0.582. The van der Waals surface area contributed by atoms with Crippen LogP contribution in [0.3, 0.4) is 0 Å². The number of anilines is 1. The maximum Gasteiger partial charge on any atom is 0.351 e. The van der Waals surface area contributed by atoms with Crippen LogP contribution in [0.25, 0.3) is 0 Å². The molecule has 0 bridgehead atoms. The fourth-order valence-corrected chi connectivity index (χ4v) is 1.98. The summed E-state index contributed by atoms with van der Waals surface area (Å²) in [5.41, 5.74) is 1.02. The molecule has 0 fully saturated rings. The summed E-state index contributed by atoms with van der Waals surface area (Å²) in [7, 11) is 0. The number of carbonyl (C=O) groups excluding carboxylic acids is 1. The van der Waals surface area contributed by atoms with Gasteiger partial charge in [-0.3, -0.25) is 4.99 Å². The van der Waals surface area contributed by atoms with Gasteiger partial charge in [0, 0.05) is 11.8 Å². The zero-order valence-electron chi connectivity index (χ0n) is 7.69. The smallest absolute Gasteiger partial charge is 0.351 e. The summed E-state index contributed by atoms with van der Waals surface area (Å²) in [6, 6.07) is 1.96. The van der Waals surface area contributed by atoms with Crippen molar-refractivity contribution in [1.29, 1.82) is 0 Å². The Morgan fingerprint density at radius 3 is 3.43 bits per heavy atom. The molecule has 0 amide bonds. The number of nitrogens with one attached hydrogen (secondary N) is 1. The average molecular weight is 210 g/mol. The van der Waals surface area contributed by atoms with Gasteiger partial charge in [-0.25, -0.2) is 4.79 Å². The molecule has 1 unspecified atom stereocenters. The molecule has 0 saturated carbocycles. The van der Waals surface area contributed by atoms with E-state index in [1.165, 1.54) is 0 Å². The van der Waals surface area contributed by atoms with Gasteiger partial charge >= 0.3 is 5.97 Å². The molecule has 0 aliphatic carbocycles. The van der Waals surface area contributed by atoms with E-state index in [1.54, 1.807) is 24.5 Å². The third-order valence-electron chi connectivity index (χ3n) is 1.84. The maximum atomic E-state index is 11.3. The lowest BCUT2D eigenvalue weighted by molar-refractivity contribution is -0.143. The van der Waals surface area contributed by atoms with Crippen molar-refractivity contribution in [2.24, 2.45) is 4.99 Å². The molecule has 0 radical (unpaired) electrons. The lowest BCUT2D eigenvalue weighted by Crippen LogP contribution is -2.31. The minimum absolute atomic E-state index is 0.331. The normalized spacial score (nSPS) is 18.5. The largest absolute Gasteiger partial charge is 0.463 e. The molecular formula is C9H10N2O2S. The first-order valence-electron chi connectivity index (χ1n) is 4.35. The van der Waals surface area contributed by atoms with E-state index in [4.69, 9.17) is 4.74 Å². The second-order valence-electron chi connectivity index (χ2n) is 2.78. The predicted octanol–water partition coefficient (Wildman–Crippen LogP) is 1.48. The second kappa shape index (κ2) is 3.79. The number of esters is 1. The molecule has 1 atom stereocenters. The van der Waals surface area contributed by atoms with Gasteiger partial charge in [0.15, 0.2) is 0 Å². The van der Waals surface area contributed by atoms with Gasteiger partial charge in [0.2, 0.25) is 6.17 Å². The van der Waals surface area contributed by atoms with Crippen LogP contribution in [0.5, 0.6) is 0 Å². The summed E-state index contributed by atoms with van der Waals surface area (Å²) >= 11 is 1.55. The van der Waals surface area contributed by atoms with Crippen LogP contribution in [-0.4, -0.2) is 25.0 Å². The lowest BCUT2D eigenvalue weighted by Gasteiger charge is -2.17. The molecule has 0 spiro atoms. The highest BCUT2D eigenvalue weighted by atomic mass is 32.1. The first kappa shape index (κ1) is 9.21. The van der Waals surface area contributed by atoms with Crippen LogP contribution in [0.4, 0.5) is 5.00 Å². The van der Waals surface area contributed by atoms with Crippen molar-refractivity contribution >= 4 is 28.5 Å². The Morgan fingerprint density at radius 1 is 1.79 bits per heavy atom.